The third kappa shape index (κ3) is 2.87. The molecular weight excluding hydrogens is 288 g/mol. The number of hydrogen-bond donors (Lipinski definition) is 0. The zero-order valence-electron chi connectivity index (χ0n) is 14.5. The standard InChI is InChI=1S/C20H26O3/c1-11-7-12(2)17(13(3)8-11)18-19(21)14(4)16(20(18)22)9-15-5-6-23-10-15/h7-8,14-16,18H,5-6,9-10H2,1-4H3. The van der Waals surface area contributed by atoms with E-state index in [1.54, 1.807) is 0 Å². The van der Waals surface area contributed by atoms with Gasteiger partial charge in [0, 0.05) is 25.0 Å². The van der Waals surface area contributed by atoms with Gasteiger partial charge in [-0.05, 0) is 56.2 Å². The molecule has 0 spiro atoms. The first kappa shape index (κ1) is 16.4. The molecule has 3 nitrogen and oxygen atoms in total. The zero-order valence-corrected chi connectivity index (χ0v) is 14.5. The molecule has 1 aromatic rings. The van der Waals surface area contributed by atoms with Crippen molar-refractivity contribution in [2.24, 2.45) is 17.8 Å². The van der Waals surface area contributed by atoms with Crippen molar-refractivity contribution in [1.29, 1.82) is 0 Å². The molecule has 4 atom stereocenters. The van der Waals surface area contributed by atoms with Crippen molar-refractivity contribution in [3.63, 3.8) is 0 Å². The van der Waals surface area contributed by atoms with E-state index in [2.05, 4.69) is 12.1 Å². The molecule has 1 saturated heterocycles. The molecule has 1 aliphatic heterocycles. The summed E-state index contributed by atoms with van der Waals surface area (Å²) in [6.07, 6.45) is 1.81. The molecular formula is C20H26O3. The Kier molecular flexibility index (Phi) is 4.41. The van der Waals surface area contributed by atoms with E-state index in [4.69, 9.17) is 4.74 Å². The van der Waals surface area contributed by atoms with Crippen LogP contribution in [0.15, 0.2) is 12.1 Å². The van der Waals surface area contributed by atoms with Crippen LogP contribution in [0.4, 0.5) is 0 Å². The lowest BCUT2D eigenvalue weighted by Crippen LogP contribution is -2.20. The fourth-order valence-electron chi connectivity index (χ4n) is 4.44. The second kappa shape index (κ2) is 6.20. The van der Waals surface area contributed by atoms with Gasteiger partial charge in [-0.25, -0.2) is 0 Å². The van der Waals surface area contributed by atoms with E-state index in [0.29, 0.717) is 5.92 Å². The van der Waals surface area contributed by atoms with Gasteiger partial charge in [0.1, 0.15) is 5.92 Å². The third-order valence-corrected chi connectivity index (χ3v) is 5.62. The highest BCUT2D eigenvalue weighted by Gasteiger charge is 2.48. The van der Waals surface area contributed by atoms with Crippen molar-refractivity contribution in [2.45, 2.75) is 46.5 Å². The second-order valence-corrected chi connectivity index (χ2v) is 7.41. The number of hydrogen-bond acceptors (Lipinski definition) is 3. The van der Waals surface area contributed by atoms with E-state index in [-0.39, 0.29) is 23.4 Å². The molecule has 1 aromatic carbocycles. The van der Waals surface area contributed by atoms with Crippen molar-refractivity contribution in [2.75, 3.05) is 13.2 Å². The smallest absolute Gasteiger partial charge is 0.151 e. The number of ether oxygens (including phenoxy) is 1. The number of carbonyl (C=O) groups excluding carboxylic acids is 2. The van der Waals surface area contributed by atoms with Gasteiger partial charge in [-0.2, -0.15) is 0 Å². The molecule has 0 amide bonds. The number of benzene rings is 1. The molecule has 2 fully saturated rings. The van der Waals surface area contributed by atoms with Gasteiger partial charge in [0.15, 0.2) is 11.6 Å². The maximum atomic E-state index is 13.0. The van der Waals surface area contributed by atoms with Crippen LogP contribution in [0.25, 0.3) is 0 Å². The summed E-state index contributed by atoms with van der Waals surface area (Å²) in [6, 6.07) is 4.15. The molecule has 4 unspecified atom stereocenters. The highest BCUT2D eigenvalue weighted by molar-refractivity contribution is 6.16. The number of carbonyl (C=O) groups is 2. The van der Waals surface area contributed by atoms with Gasteiger partial charge in [0.05, 0.1) is 0 Å². The molecule has 23 heavy (non-hydrogen) atoms. The SMILES string of the molecule is Cc1cc(C)c(C2C(=O)C(C)C(CC3CCOC3)C2=O)c(C)c1. The van der Waals surface area contributed by atoms with Crippen LogP contribution < -0.4 is 0 Å². The van der Waals surface area contributed by atoms with Gasteiger partial charge in [-0.1, -0.05) is 24.6 Å². The molecule has 1 saturated carbocycles. The zero-order chi connectivity index (χ0) is 16.7. The fourth-order valence-corrected chi connectivity index (χ4v) is 4.44. The molecule has 1 heterocycles. The van der Waals surface area contributed by atoms with Crippen LogP contribution in [0.5, 0.6) is 0 Å². The van der Waals surface area contributed by atoms with Crippen LogP contribution >= 0.6 is 0 Å². The predicted molar refractivity (Wildman–Crippen MR) is 89.6 cm³/mol. The maximum Gasteiger partial charge on any atom is 0.151 e. The van der Waals surface area contributed by atoms with Gasteiger partial charge in [0.25, 0.3) is 0 Å². The van der Waals surface area contributed by atoms with Gasteiger partial charge in [-0.3, -0.25) is 9.59 Å². The van der Waals surface area contributed by atoms with Gasteiger partial charge in [0.2, 0.25) is 0 Å². The van der Waals surface area contributed by atoms with Crippen molar-refractivity contribution < 1.29 is 14.3 Å². The van der Waals surface area contributed by atoms with Crippen LogP contribution in [-0.2, 0) is 14.3 Å². The minimum absolute atomic E-state index is 0.106. The van der Waals surface area contributed by atoms with E-state index in [1.165, 1.54) is 5.56 Å². The molecule has 1 aliphatic carbocycles. The van der Waals surface area contributed by atoms with E-state index < -0.39 is 5.92 Å². The number of aryl methyl sites for hydroxylation is 3. The number of Topliss-reactive ketones (excluding diaryl/α,β-unsaturated/α-hetero) is 2. The molecule has 124 valence electrons. The Labute approximate surface area is 138 Å². The van der Waals surface area contributed by atoms with Crippen LogP contribution in [-0.4, -0.2) is 24.8 Å². The van der Waals surface area contributed by atoms with Crippen LogP contribution in [0.1, 0.15) is 47.9 Å². The number of rotatable bonds is 3. The van der Waals surface area contributed by atoms with E-state index in [1.807, 2.05) is 27.7 Å². The molecule has 3 heteroatoms. The summed E-state index contributed by atoms with van der Waals surface area (Å²) < 4.78 is 5.43. The monoisotopic (exact) mass is 314 g/mol. The topological polar surface area (TPSA) is 43.4 Å². The second-order valence-electron chi connectivity index (χ2n) is 7.41. The van der Waals surface area contributed by atoms with Gasteiger partial charge in [-0.15, -0.1) is 0 Å². The Morgan fingerprint density at radius 3 is 2.30 bits per heavy atom. The largest absolute Gasteiger partial charge is 0.381 e. The average Bonchev–Trinajstić information content (AvgIpc) is 3.05. The van der Waals surface area contributed by atoms with Gasteiger partial charge < -0.3 is 4.74 Å². The average molecular weight is 314 g/mol. The molecule has 0 bridgehead atoms. The first-order chi connectivity index (χ1) is 10.9. The Morgan fingerprint density at radius 2 is 1.74 bits per heavy atom. The predicted octanol–water partition coefficient (Wildman–Crippen LogP) is 3.53. The van der Waals surface area contributed by atoms with E-state index in [9.17, 15) is 9.59 Å². The summed E-state index contributed by atoms with van der Waals surface area (Å²) in [6.45, 7) is 9.52. The minimum atomic E-state index is -0.557. The number of ketones is 2. The first-order valence-corrected chi connectivity index (χ1v) is 8.63. The maximum absolute atomic E-state index is 13.0. The summed E-state index contributed by atoms with van der Waals surface area (Å²) >= 11 is 0. The van der Waals surface area contributed by atoms with Crippen LogP contribution in [0.2, 0.25) is 0 Å². The third-order valence-electron chi connectivity index (χ3n) is 5.62. The van der Waals surface area contributed by atoms with Crippen molar-refractivity contribution in [3.05, 3.63) is 34.4 Å². The molecule has 3 rings (SSSR count). The Bertz CT molecular complexity index is 617. The molecule has 0 radical (unpaired) electrons. The minimum Gasteiger partial charge on any atom is -0.381 e. The van der Waals surface area contributed by atoms with Gasteiger partial charge >= 0.3 is 0 Å². The lowest BCUT2D eigenvalue weighted by molar-refractivity contribution is -0.125. The lowest BCUT2D eigenvalue weighted by atomic mass is 9.85. The summed E-state index contributed by atoms with van der Waals surface area (Å²) in [7, 11) is 0. The van der Waals surface area contributed by atoms with Crippen molar-refractivity contribution in [1.82, 2.24) is 0 Å². The van der Waals surface area contributed by atoms with E-state index >= 15 is 0 Å². The normalized spacial score (nSPS) is 31.1. The highest BCUT2D eigenvalue weighted by atomic mass is 16.5. The Balaban J connectivity index is 1.91. The molecule has 0 N–H and O–H groups in total. The van der Waals surface area contributed by atoms with Crippen LogP contribution in [0, 0.1) is 38.5 Å². The van der Waals surface area contributed by atoms with E-state index in [0.717, 1.165) is 42.7 Å². The Hall–Kier alpha value is -1.48. The van der Waals surface area contributed by atoms with Crippen LogP contribution in [0.3, 0.4) is 0 Å². The summed E-state index contributed by atoms with van der Waals surface area (Å²) in [4.78, 5) is 25.9. The summed E-state index contributed by atoms with van der Waals surface area (Å²) in [5.74, 6) is -0.206. The quantitative estimate of drug-likeness (QED) is 0.802. The summed E-state index contributed by atoms with van der Waals surface area (Å²) in [5, 5.41) is 0. The summed E-state index contributed by atoms with van der Waals surface area (Å²) in [5.41, 5.74) is 4.24. The Morgan fingerprint density at radius 1 is 1.09 bits per heavy atom. The molecule has 2 aliphatic rings. The highest BCUT2D eigenvalue weighted by Crippen LogP contribution is 2.42. The first-order valence-electron chi connectivity index (χ1n) is 8.63. The fraction of sp³-hybridized carbons (Fsp3) is 0.600. The van der Waals surface area contributed by atoms with Crippen molar-refractivity contribution in [3.8, 4) is 0 Å². The lowest BCUT2D eigenvalue weighted by Gasteiger charge is -2.17. The molecule has 0 aromatic heterocycles. The van der Waals surface area contributed by atoms with Crippen molar-refractivity contribution >= 4 is 11.6 Å².